The van der Waals surface area contributed by atoms with Gasteiger partial charge in [0.15, 0.2) is 12.6 Å². The monoisotopic (exact) mass is 424 g/mol. The van der Waals surface area contributed by atoms with E-state index in [2.05, 4.69) is 9.51 Å². The molecule has 148 valence electrons. The van der Waals surface area contributed by atoms with Gasteiger partial charge < -0.3 is 34.4 Å². The van der Waals surface area contributed by atoms with Crippen LogP contribution in [0.5, 0.6) is 0 Å². The van der Waals surface area contributed by atoms with Crippen molar-refractivity contribution in [2.75, 3.05) is 0 Å². The molecule has 1 aliphatic rings. The van der Waals surface area contributed by atoms with Crippen LogP contribution in [0, 0.1) is 4.77 Å². The molecule has 1 fully saturated rings. The molecule has 0 spiro atoms. The molecule has 0 aliphatic carbocycles. The quantitative estimate of drug-likeness (QED) is 0.153. The lowest BCUT2D eigenvalue weighted by atomic mass is 9.59. The summed E-state index contributed by atoms with van der Waals surface area (Å²) in [6.07, 6.45) is -3.29. The number of nitrogens with one attached hydrogen (secondary N) is 1. The molecule has 0 bridgehead atoms. The first kappa shape index (κ1) is 22.5. The summed E-state index contributed by atoms with van der Waals surface area (Å²) in [5.41, 5.74) is -3.02. The number of ether oxygens (including phenoxy) is 1. The first-order valence-electron chi connectivity index (χ1n) is 7.57. The van der Waals surface area contributed by atoms with E-state index in [1.807, 2.05) is 0 Å². The molecule has 1 aromatic heterocycles. The maximum Gasteiger partial charge on any atom is 0.468 e. The lowest BCUT2D eigenvalue weighted by Gasteiger charge is -2.40. The molecule has 17 heteroatoms. The number of aliphatic hydroxyl groups is 3. The Kier molecular flexibility index (Phi) is 5.74. The Balaban J connectivity index is 2.60. The fourth-order valence-corrected chi connectivity index (χ4v) is 3.95. The van der Waals surface area contributed by atoms with Gasteiger partial charge in [-0.05, 0) is 12.2 Å². The van der Waals surface area contributed by atoms with Gasteiger partial charge in [-0.2, -0.15) is 0 Å². The van der Waals surface area contributed by atoms with Gasteiger partial charge >= 0.3 is 7.82 Å². The number of rotatable bonds is 5. The number of nitrogens with zero attached hydrogens (tertiary/aromatic N) is 1. The Morgan fingerprint density at radius 1 is 1.44 bits per heavy atom. The number of alkyl halides is 1. The molecule has 0 radical (unpaired) electrons. The second-order valence-electron chi connectivity index (χ2n) is 6.73. The third-order valence-corrected chi connectivity index (χ3v) is 5.41. The van der Waals surface area contributed by atoms with Crippen molar-refractivity contribution >= 4 is 43.6 Å². The second kappa shape index (κ2) is 6.90. The molecule has 27 heavy (non-hydrogen) atoms. The fourth-order valence-electron chi connectivity index (χ4n) is 2.90. The predicted octanol–water partition coefficient (Wildman–Crippen LogP) is -4.91. The highest BCUT2D eigenvalue weighted by Gasteiger charge is 2.68. The lowest BCUT2D eigenvalue weighted by molar-refractivity contribution is -0.239. The minimum Gasteiger partial charge on any atom is -0.391 e. The summed E-state index contributed by atoms with van der Waals surface area (Å²) in [5, 5.41) is 27.5. The van der Waals surface area contributed by atoms with Gasteiger partial charge in [0.2, 0.25) is 0 Å². The number of aliphatic hydroxyl groups excluding tert-OH is 3. The Bertz CT molecular complexity index is 909. The highest BCUT2D eigenvalue weighted by atomic mass is 32.1. The van der Waals surface area contributed by atoms with Crippen LogP contribution in [-0.2, 0) is 26.1 Å². The molecule has 0 saturated carbocycles. The molecule has 0 aromatic carbocycles. The summed E-state index contributed by atoms with van der Waals surface area (Å²) in [6.45, 7) is -0.701. The van der Waals surface area contributed by atoms with Crippen molar-refractivity contribution in [3.05, 3.63) is 26.9 Å². The third kappa shape index (κ3) is 3.73. The van der Waals surface area contributed by atoms with Crippen LogP contribution >= 0.6 is 20.0 Å². The van der Waals surface area contributed by atoms with Gasteiger partial charge in [0.1, 0.15) is 33.5 Å². The van der Waals surface area contributed by atoms with E-state index in [-0.39, 0.29) is 10.3 Å². The van der Waals surface area contributed by atoms with Gasteiger partial charge in [-0.3, -0.25) is 14.3 Å². The van der Waals surface area contributed by atoms with Gasteiger partial charge in [-0.15, -0.1) is 0 Å². The molecule has 0 amide bonds. The van der Waals surface area contributed by atoms with E-state index < -0.39 is 49.1 Å². The van der Waals surface area contributed by atoms with Gasteiger partial charge in [0, 0.05) is 6.20 Å². The number of phosphoric ester groups is 1. The number of aromatic amines is 1. The fraction of sp³-hybridized carbons (Fsp3) is 0.600. The second-order valence-corrected chi connectivity index (χ2v) is 8.28. The molecular weight excluding hydrogens is 407 g/mol. The number of hydrogen-bond acceptors (Lipinski definition) is 8. The van der Waals surface area contributed by atoms with Gasteiger partial charge in [0.25, 0.3) is 11.4 Å². The van der Waals surface area contributed by atoms with Crippen LogP contribution < -0.4 is 5.56 Å². The molecule has 1 saturated heterocycles. The average Bonchev–Trinajstić information content (AvgIpc) is 2.68. The van der Waals surface area contributed by atoms with Crippen molar-refractivity contribution in [1.82, 2.24) is 9.55 Å². The third-order valence-electron chi connectivity index (χ3n) is 4.42. The number of phosphoric acid groups is 1. The molecule has 4 atom stereocenters. The Hall–Kier alpha value is -0.825. The largest absolute Gasteiger partial charge is 0.468 e. The molecule has 2 heterocycles. The SMILES string of the molecule is BC(B)(OP(=O)(O)O)[C@@]1(F)O[C@@](B)(n2cc(CO)c(=O)[nH]c2=S)[C@H](O)[C@@H]1O. The van der Waals surface area contributed by atoms with Crippen LogP contribution in [0.2, 0.25) is 0 Å². The van der Waals surface area contributed by atoms with E-state index in [1.165, 1.54) is 0 Å². The van der Waals surface area contributed by atoms with Crippen molar-refractivity contribution < 1.29 is 43.3 Å². The zero-order chi connectivity index (χ0) is 21.0. The van der Waals surface area contributed by atoms with E-state index in [0.29, 0.717) is 0 Å². The Morgan fingerprint density at radius 2 is 2.00 bits per heavy atom. The molecule has 6 N–H and O–H groups in total. The average molecular weight is 424 g/mol. The first-order valence-corrected chi connectivity index (χ1v) is 9.50. The van der Waals surface area contributed by atoms with Crippen LogP contribution in [0.1, 0.15) is 5.56 Å². The number of hydrogen-bond donors (Lipinski definition) is 6. The maximum atomic E-state index is 15.6. The number of H-pyrrole nitrogens is 1. The Morgan fingerprint density at radius 3 is 2.48 bits per heavy atom. The van der Waals surface area contributed by atoms with Crippen molar-refractivity contribution in [3.8, 4) is 0 Å². The summed E-state index contributed by atoms with van der Waals surface area (Å²) in [6, 6.07) is 0. The highest BCUT2D eigenvalue weighted by Crippen LogP contribution is 2.51. The molecular formula is C10H17B3FN2O9PS. The van der Waals surface area contributed by atoms with Gasteiger partial charge in [-0.1, -0.05) is 0 Å². The molecule has 1 aromatic rings. The molecule has 2 rings (SSSR count). The summed E-state index contributed by atoms with van der Waals surface area (Å²) >= 11 is 4.98. The smallest absolute Gasteiger partial charge is 0.391 e. The standard InChI is InChI=1S/C10H17B3FN2O9PS/c11-9(16-1-3(2-17)6(20)15-7(16)27)5(19)4(18)8(14,24-9)10(12,13)25-26(21,22)23/h1,4-5,17-19H,2,11-13H2,(H,15,20,27)(H2,21,22,23)/t4-,5+,8-,9-/m0/s1. The Labute approximate surface area is 159 Å². The van der Waals surface area contributed by atoms with Crippen molar-refractivity contribution in [3.63, 3.8) is 0 Å². The topological polar surface area (TPSA) is 174 Å². The van der Waals surface area contributed by atoms with Crippen LogP contribution in [0.4, 0.5) is 4.39 Å². The summed E-state index contributed by atoms with van der Waals surface area (Å²) in [5.74, 6) is -3.29. The van der Waals surface area contributed by atoms with Crippen LogP contribution in [0.25, 0.3) is 0 Å². The van der Waals surface area contributed by atoms with E-state index >= 15 is 4.39 Å². The van der Waals surface area contributed by atoms with Crippen LogP contribution in [0.15, 0.2) is 11.0 Å². The van der Waals surface area contributed by atoms with E-state index in [1.54, 1.807) is 0 Å². The zero-order valence-electron chi connectivity index (χ0n) is 14.5. The first-order chi connectivity index (χ1) is 12.1. The van der Waals surface area contributed by atoms with Gasteiger partial charge in [0.05, 0.1) is 17.6 Å². The van der Waals surface area contributed by atoms with Gasteiger partial charge in [-0.25, -0.2) is 8.96 Å². The van der Waals surface area contributed by atoms with Crippen LogP contribution in [0.3, 0.4) is 0 Å². The van der Waals surface area contributed by atoms with E-state index in [4.69, 9.17) is 26.7 Å². The minimum absolute atomic E-state index is 0.183. The number of halogens is 1. The highest BCUT2D eigenvalue weighted by molar-refractivity contribution is 7.71. The van der Waals surface area contributed by atoms with Crippen molar-refractivity contribution in [1.29, 1.82) is 0 Å². The van der Waals surface area contributed by atoms with Crippen LogP contribution in [-0.4, -0.2) is 81.7 Å². The van der Waals surface area contributed by atoms with Crippen molar-refractivity contribution in [2.45, 2.75) is 35.7 Å². The lowest BCUT2D eigenvalue weighted by Crippen LogP contribution is -2.60. The maximum absolute atomic E-state index is 15.6. The molecule has 1 aliphatic heterocycles. The zero-order valence-corrected chi connectivity index (χ0v) is 16.2. The summed E-state index contributed by atoms with van der Waals surface area (Å²) < 4.78 is 37.0. The summed E-state index contributed by atoms with van der Waals surface area (Å²) in [4.78, 5) is 31.9. The number of aromatic nitrogens is 2. The van der Waals surface area contributed by atoms with Crippen molar-refractivity contribution in [2.24, 2.45) is 0 Å². The normalized spacial score (nSPS) is 31.9. The molecule has 11 nitrogen and oxygen atoms in total. The summed E-state index contributed by atoms with van der Waals surface area (Å²) in [7, 11) is -2.23. The van der Waals surface area contributed by atoms with E-state index in [9.17, 15) is 24.7 Å². The molecule has 0 unspecified atom stereocenters. The van der Waals surface area contributed by atoms with E-state index in [0.717, 1.165) is 34.3 Å². The minimum atomic E-state index is -5.19. The predicted molar refractivity (Wildman–Crippen MR) is 98.2 cm³/mol.